The van der Waals surface area contributed by atoms with Crippen LogP contribution in [-0.2, 0) is 20.9 Å². The summed E-state index contributed by atoms with van der Waals surface area (Å²) in [6, 6.07) is 9.15. The van der Waals surface area contributed by atoms with E-state index in [9.17, 15) is 18.8 Å². The number of imide groups is 1. The minimum atomic E-state index is -0.544. The summed E-state index contributed by atoms with van der Waals surface area (Å²) < 4.78 is 29.9. The van der Waals surface area contributed by atoms with Crippen molar-refractivity contribution in [1.82, 2.24) is 9.80 Å². The van der Waals surface area contributed by atoms with Crippen molar-refractivity contribution in [3.63, 3.8) is 0 Å². The van der Waals surface area contributed by atoms with Gasteiger partial charge in [0.2, 0.25) is 5.91 Å². The zero-order valence-electron chi connectivity index (χ0n) is 19.5. The summed E-state index contributed by atoms with van der Waals surface area (Å²) in [6.07, 6.45) is 1.53. The van der Waals surface area contributed by atoms with Crippen LogP contribution in [0.2, 0.25) is 5.02 Å². The number of halogens is 2. The van der Waals surface area contributed by atoms with Gasteiger partial charge in [-0.05, 0) is 60.2 Å². The van der Waals surface area contributed by atoms with E-state index in [-0.39, 0.29) is 34.8 Å². The monoisotopic (exact) mass is 534 g/mol. The van der Waals surface area contributed by atoms with E-state index < -0.39 is 11.1 Å². The second kappa shape index (κ2) is 11.8. The number of morpholine rings is 1. The molecule has 4 rings (SSSR count). The second-order valence-electron chi connectivity index (χ2n) is 7.94. The van der Waals surface area contributed by atoms with E-state index in [0.717, 1.165) is 22.2 Å². The van der Waals surface area contributed by atoms with Crippen LogP contribution in [0.1, 0.15) is 18.1 Å². The van der Waals surface area contributed by atoms with E-state index in [1.54, 1.807) is 36.1 Å². The lowest BCUT2D eigenvalue weighted by atomic mass is 10.1. The maximum absolute atomic E-state index is 13.2. The summed E-state index contributed by atoms with van der Waals surface area (Å²) in [7, 11) is 0. The number of hydrogen-bond donors (Lipinski definition) is 0. The minimum absolute atomic E-state index is 0.148. The summed E-state index contributed by atoms with van der Waals surface area (Å²) in [5.74, 6) is -0.515. The average molecular weight is 535 g/mol. The van der Waals surface area contributed by atoms with Crippen LogP contribution < -0.4 is 9.47 Å². The number of carbonyl (C=O) groups is 3. The van der Waals surface area contributed by atoms with Crippen LogP contribution in [0.3, 0.4) is 0 Å². The highest BCUT2D eigenvalue weighted by Gasteiger charge is 2.37. The maximum atomic E-state index is 13.2. The fourth-order valence-corrected chi connectivity index (χ4v) is 4.76. The summed E-state index contributed by atoms with van der Waals surface area (Å²) in [6.45, 7) is 3.70. The van der Waals surface area contributed by atoms with Crippen LogP contribution in [0.5, 0.6) is 11.5 Å². The maximum Gasteiger partial charge on any atom is 0.294 e. The Bertz CT molecular complexity index is 1180. The van der Waals surface area contributed by atoms with Crippen LogP contribution in [-0.4, -0.2) is 66.3 Å². The van der Waals surface area contributed by atoms with Crippen molar-refractivity contribution >= 4 is 46.5 Å². The van der Waals surface area contributed by atoms with Gasteiger partial charge in [0.25, 0.3) is 11.1 Å². The van der Waals surface area contributed by atoms with E-state index in [1.165, 1.54) is 18.2 Å². The van der Waals surface area contributed by atoms with Crippen LogP contribution >= 0.6 is 23.4 Å². The summed E-state index contributed by atoms with van der Waals surface area (Å²) in [5, 5.41) is -0.265. The first kappa shape index (κ1) is 26.0. The molecule has 11 heteroatoms. The van der Waals surface area contributed by atoms with Crippen LogP contribution in [0.15, 0.2) is 41.3 Å². The van der Waals surface area contributed by atoms with Crippen molar-refractivity contribution < 1.29 is 33.0 Å². The SMILES string of the molecule is CCOc1cc(/C=C2/SC(=O)N(CC(=O)N3CCOCC3)C2=O)cc(Cl)c1OCc1ccc(F)cc1. The Morgan fingerprint density at radius 2 is 1.89 bits per heavy atom. The number of nitrogens with zero attached hydrogens (tertiary/aromatic N) is 2. The number of carbonyl (C=O) groups excluding carboxylic acids is 3. The van der Waals surface area contributed by atoms with Gasteiger partial charge >= 0.3 is 0 Å². The molecule has 0 N–H and O–H groups in total. The number of benzene rings is 2. The molecule has 0 bridgehead atoms. The fraction of sp³-hybridized carbons (Fsp3) is 0.320. The second-order valence-corrected chi connectivity index (χ2v) is 9.34. The Kier molecular flexibility index (Phi) is 8.50. The van der Waals surface area contributed by atoms with Gasteiger partial charge in [-0.2, -0.15) is 0 Å². The fourth-order valence-electron chi connectivity index (χ4n) is 3.65. The molecule has 0 atom stereocenters. The van der Waals surface area contributed by atoms with E-state index >= 15 is 0 Å². The third-order valence-electron chi connectivity index (χ3n) is 5.46. The molecule has 0 saturated carbocycles. The van der Waals surface area contributed by atoms with Gasteiger partial charge in [-0.3, -0.25) is 19.3 Å². The van der Waals surface area contributed by atoms with E-state index in [2.05, 4.69) is 0 Å². The van der Waals surface area contributed by atoms with Crippen molar-refractivity contribution in [2.24, 2.45) is 0 Å². The van der Waals surface area contributed by atoms with Crippen LogP contribution in [0.25, 0.3) is 6.08 Å². The Labute approximate surface area is 216 Å². The van der Waals surface area contributed by atoms with Crippen LogP contribution in [0.4, 0.5) is 9.18 Å². The standard InChI is InChI=1S/C25H24ClFN2O6S/c1-2-34-20-12-17(11-19(26)23(20)35-15-16-3-5-18(27)6-4-16)13-21-24(31)29(25(32)36-21)14-22(30)28-7-9-33-10-8-28/h3-6,11-13H,2,7-10,14-15H2,1H3/b21-13+. The van der Waals surface area contributed by atoms with E-state index in [4.69, 9.17) is 25.8 Å². The predicted octanol–water partition coefficient (Wildman–Crippen LogP) is 4.35. The molecule has 2 fully saturated rings. The highest BCUT2D eigenvalue weighted by atomic mass is 35.5. The Balaban J connectivity index is 1.50. The number of hydrogen-bond acceptors (Lipinski definition) is 7. The van der Waals surface area contributed by atoms with Gasteiger partial charge in [0.15, 0.2) is 11.5 Å². The molecule has 2 saturated heterocycles. The molecular weight excluding hydrogens is 511 g/mol. The van der Waals surface area contributed by atoms with Gasteiger partial charge in [-0.15, -0.1) is 0 Å². The summed E-state index contributed by atoms with van der Waals surface area (Å²) in [5.41, 5.74) is 1.28. The summed E-state index contributed by atoms with van der Waals surface area (Å²) in [4.78, 5) is 40.6. The van der Waals surface area contributed by atoms with Crippen molar-refractivity contribution in [2.45, 2.75) is 13.5 Å². The molecule has 0 spiro atoms. The molecule has 8 nitrogen and oxygen atoms in total. The number of ether oxygens (including phenoxy) is 3. The molecule has 0 unspecified atom stereocenters. The number of thioether (sulfide) groups is 1. The Morgan fingerprint density at radius 3 is 2.58 bits per heavy atom. The first-order valence-corrected chi connectivity index (χ1v) is 12.5. The molecule has 2 aliphatic heterocycles. The predicted molar refractivity (Wildman–Crippen MR) is 133 cm³/mol. The van der Waals surface area contributed by atoms with Gasteiger partial charge in [-0.1, -0.05) is 23.7 Å². The Hall–Kier alpha value is -3.08. The third-order valence-corrected chi connectivity index (χ3v) is 6.64. The van der Waals surface area contributed by atoms with E-state index in [1.807, 2.05) is 0 Å². The summed E-state index contributed by atoms with van der Waals surface area (Å²) >= 11 is 7.23. The van der Waals surface area contributed by atoms with Crippen molar-refractivity contribution in [3.05, 3.63) is 63.3 Å². The first-order valence-electron chi connectivity index (χ1n) is 11.3. The molecule has 0 radical (unpaired) electrons. The highest BCUT2D eigenvalue weighted by Crippen LogP contribution is 2.39. The zero-order chi connectivity index (χ0) is 25.7. The smallest absolute Gasteiger partial charge is 0.294 e. The van der Waals surface area contributed by atoms with Crippen molar-refractivity contribution in [3.8, 4) is 11.5 Å². The first-order chi connectivity index (χ1) is 17.4. The molecule has 2 heterocycles. The lowest BCUT2D eigenvalue weighted by Crippen LogP contribution is -2.46. The molecule has 2 aromatic carbocycles. The molecule has 2 aliphatic rings. The topological polar surface area (TPSA) is 85.4 Å². The molecule has 0 aliphatic carbocycles. The van der Waals surface area contributed by atoms with Gasteiger partial charge in [0, 0.05) is 13.1 Å². The normalized spacial score (nSPS) is 17.1. The largest absolute Gasteiger partial charge is 0.490 e. The van der Waals surface area contributed by atoms with Crippen molar-refractivity contribution in [1.29, 1.82) is 0 Å². The molecule has 0 aromatic heterocycles. The third kappa shape index (κ3) is 6.18. The molecule has 3 amide bonds. The lowest BCUT2D eigenvalue weighted by molar-refractivity contribution is -0.139. The van der Waals surface area contributed by atoms with Gasteiger partial charge in [0.1, 0.15) is 19.0 Å². The molecule has 190 valence electrons. The lowest BCUT2D eigenvalue weighted by Gasteiger charge is -2.28. The average Bonchev–Trinajstić information content (AvgIpc) is 3.12. The molecule has 36 heavy (non-hydrogen) atoms. The Morgan fingerprint density at radius 1 is 1.17 bits per heavy atom. The molecular formula is C25H24ClFN2O6S. The highest BCUT2D eigenvalue weighted by molar-refractivity contribution is 8.18. The quantitative estimate of drug-likeness (QED) is 0.465. The van der Waals surface area contributed by atoms with Crippen LogP contribution in [0, 0.1) is 5.82 Å². The number of rotatable bonds is 8. The van der Waals surface area contributed by atoms with Crippen molar-refractivity contribution in [2.75, 3.05) is 39.5 Å². The van der Waals surface area contributed by atoms with Gasteiger partial charge < -0.3 is 19.1 Å². The van der Waals surface area contributed by atoms with E-state index in [0.29, 0.717) is 50.0 Å². The molecule has 2 aromatic rings. The van der Waals surface area contributed by atoms with Gasteiger partial charge in [0.05, 0.1) is 29.7 Å². The number of amides is 3. The zero-order valence-corrected chi connectivity index (χ0v) is 21.1. The minimum Gasteiger partial charge on any atom is -0.490 e. The van der Waals surface area contributed by atoms with Gasteiger partial charge in [-0.25, -0.2) is 4.39 Å².